The summed E-state index contributed by atoms with van der Waals surface area (Å²) < 4.78 is 0. The van der Waals surface area contributed by atoms with Crippen molar-refractivity contribution in [3.63, 3.8) is 0 Å². The second-order valence-corrected chi connectivity index (χ2v) is 5.16. The van der Waals surface area contributed by atoms with E-state index in [1.54, 1.807) is 43.1 Å². The van der Waals surface area contributed by atoms with Gasteiger partial charge in [0.2, 0.25) is 0 Å². The summed E-state index contributed by atoms with van der Waals surface area (Å²) >= 11 is 1.57. The lowest BCUT2D eigenvalue weighted by molar-refractivity contribution is -0.386. The molecule has 0 unspecified atom stereocenters. The summed E-state index contributed by atoms with van der Waals surface area (Å²) in [6, 6.07) is 0. The number of hydrogen-bond acceptors (Lipinski definition) is 6. The first-order valence-electron chi connectivity index (χ1n) is 5.77. The normalized spacial score (nSPS) is 10.6. The zero-order chi connectivity index (χ0) is 13.8. The second-order valence-electron chi connectivity index (χ2n) is 4.19. The zero-order valence-electron chi connectivity index (χ0n) is 10.7. The van der Waals surface area contributed by atoms with Crippen molar-refractivity contribution < 1.29 is 4.92 Å². The van der Waals surface area contributed by atoms with Crippen molar-refractivity contribution in [2.24, 2.45) is 0 Å². The van der Waals surface area contributed by atoms with Gasteiger partial charge in [-0.25, -0.2) is 0 Å². The van der Waals surface area contributed by atoms with Crippen LogP contribution < -0.4 is 5.32 Å². The van der Waals surface area contributed by atoms with Crippen LogP contribution in [0.2, 0.25) is 0 Å². The van der Waals surface area contributed by atoms with Crippen molar-refractivity contribution in [3.8, 4) is 0 Å². The summed E-state index contributed by atoms with van der Waals surface area (Å²) in [5, 5.41) is 14.2. The molecule has 0 saturated carbocycles. The van der Waals surface area contributed by atoms with Gasteiger partial charge >= 0.3 is 0 Å². The summed E-state index contributed by atoms with van der Waals surface area (Å²) in [6.07, 6.45) is 3.35. The van der Waals surface area contributed by atoms with Gasteiger partial charge in [-0.05, 0) is 13.8 Å². The van der Waals surface area contributed by atoms with Crippen molar-refractivity contribution in [2.75, 3.05) is 0 Å². The molecular weight excluding hydrogens is 264 g/mol. The maximum atomic E-state index is 11.0. The quantitative estimate of drug-likeness (QED) is 0.670. The molecule has 0 aliphatic carbocycles. The Bertz CT molecular complexity index is 584. The number of aryl methyl sites for hydroxylation is 1. The van der Waals surface area contributed by atoms with Gasteiger partial charge in [-0.1, -0.05) is 0 Å². The molecule has 0 fully saturated rings. The van der Waals surface area contributed by atoms with Crippen LogP contribution in [0, 0.1) is 24.0 Å². The Morgan fingerprint density at radius 2 is 2.16 bits per heavy atom. The van der Waals surface area contributed by atoms with Gasteiger partial charge in [0, 0.05) is 41.5 Å². The monoisotopic (exact) mass is 278 g/mol. The largest absolute Gasteiger partial charge is 0.306 e. The Hall–Kier alpha value is -1.86. The van der Waals surface area contributed by atoms with Crippen molar-refractivity contribution in [3.05, 3.63) is 49.7 Å². The van der Waals surface area contributed by atoms with Crippen LogP contribution in [0.1, 0.15) is 21.7 Å². The molecule has 0 atom stereocenters. The van der Waals surface area contributed by atoms with E-state index in [1.807, 2.05) is 0 Å². The molecule has 2 rings (SSSR count). The predicted octanol–water partition coefficient (Wildman–Crippen LogP) is 2.35. The summed E-state index contributed by atoms with van der Waals surface area (Å²) in [6.45, 7) is 4.63. The van der Waals surface area contributed by atoms with Crippen LogP contribution in [0.5, 0.6) is 0 Å². The molecule has 2 heterocycles. The molecule has 0 radical (unpaired) electrons. The number of pyridine rings is 1. The fraction of sp³-hybridized carbons (Fsp3) is 0.333. The van der Waals surface area contributed by atoms with E-state index in [1.165, 1.54) is 0 Å². The highest BCUT2D eigenvalue weighted by molar-refractivity contribution is 7.09. The first kappa shape index (κ1) is 13.6. The summed E-state index contributed by atoms with van der Waals surface area (Å²) in [5.74, 6) is 0. The highest BCUT2D eigenvalue weighted by Crippen LogP contribution is 2.23. The van der Waals surface area contributed by atoms with Crippen molar-refractivity contribution in [2.45, 2.75) is 26.9 Å². The highest BCUT2D eigenvalue weighted by Gasteiger charge is 2.18. The maximum absolute atomic E-state index is 11.0. The lowest BCUT2D eigenvalue weighted by atomic mass is 10.1. The van der Waals surface area contributed by atoms with Gasteiger partial charge in [0.1, 0.15) is 0 Å². The molecule has 100 valence electrons. The van der Waals surface area contributed by atoms with Crippen molar-refractivity contribution in [1.82, 2.24) is 15.3 Å². The van der Waals surface area contributed by atoms with E-state index in [4.69, 9.17) is 0 Å². The number of nitro groups is 1. The third kappa shape index (κ3) is 3.12. The molecule has 0 spiro atoms. The standard InChI is InChI=1S/C12H14N4O2S/c1-8-3-15-11(9(2)12(8)16(17)18)6-13-4-10-5-14-7-19-10/h3,5,7,13H,4,6H2,1-2H3. The summed E-state index contributed by atoms with van der Waals surface area (Å²) in [7, 11) is 0. The molecule has 0 aliphatic heterocycles. The molecule has 0 bridgehead atoms. The molecule has 1 N–H and O–H groups in total. The molecule has 19 heavy (non-hydrogen) atoms. The van der Waals surface area contributed by atoms with Crippen LogP contribution in [0.15, 0.2) is 17.9 Å². The van der Waals surface area contributed by atoms with E-state index in [2.05, 4.69) is 15.3 Å². The maximum Gasteiger partial charge on any atom is 0.278 e. The van der Waals surface area contributed by atoms with Gasteiger partial charge in [-0.3, -0.25) is 20.1 Å². The molecule has 0 amide bonds. The number of rotatable bonds is 5. The minimum atomic E-state index is -0.348. The summed E-state index contributed by atoms with van der Waals surface area (Å²) in [4.78, 5) is 20.0. The third-order valence-electron chi connectivity index (χ3n) is 2.83. The van der Waals surface area contributed by atoms with Crippen LogP contribution in [0.4, 0.5) is 5.69 Å². The Morgan fingerprint density at radius 1 is 1.37 bits per heavy atom. The van der Waals surface area contributed by atoms with E-state index >= 15 is 0 Å². The molecule has 0 saturated heterocycles. The fourth-order valence-corrected chi connectivity index (χ4v) is 2.42. The van der Waals surface area contributed by atoms with Gasteiger partial charge in [-0.2, -0.15) is 0 Å². The van der Waals surface area contributed by atoms with E-state index in [0.29, 0.717) is 29.9 Å². The lowest BCUT2D eigenvalue weighted by Crippen LogP contribution is -2.15. The lowest BCUT2D eigenvalue weighted by Gasteiger charge is -2.08. The molecule has 2 aromatic rings. The number of nitrogens with one attached hydrogen (secondary N) is 1. The highest BCUT2D eigenvalue weighted by atomic mass is 32.1. The van der Waals surface area contributed by atoms with Crippen molar-refractivity contribution >= 4 is 17.0 Å². The molecule has 0 aromatic carbocycles. The molecule has 0 aliphatic rings. The number of hydrogen-bond donors (Lipinski definition) is 1. The minimum absolute atomic E-state index is 0.157. The Morgan fingerprint density at radius 3 is 2.79 bits per heavy atom. The van der Waals surface area contributed by atoms with E-state index in [-0.39, 0.29) is 10.6 Å². The Kier molecular flexibility index (Phi) is 4.18. The number of nitrogens with zero attached hydrogens (tertiary/aromatic N) is 3. The molecular formula is C12H14N4O2S. The minimum Gasteiger partial charge on any atom is -0.306 e. The van der Waals surface area contributed by atoms with Crippen molar-refractivity contribution in [1.29, 1.82) is 0 Å². The first-order chi connectivity index (χ1) is 9.09. The average Bonchev–Trinajstić information content (AvgIpc) is 2.85. The van der Waals surface area contributed by atoms with Gasteiger partial charge in [0.25, 0.3) is 5.69 Å². The van der Waals surface area contributed by atoms with Gasteiger partial charge in [0.05, 0.1) is 16.1 Å². The zero-order valence-corrected chi connectivity index (χ0v) is 11.5. The van der Waals surface area contributed by atoms with E-state index in [0.717, 1.165) is 4.88 Å². The molecule has 6 nitrogen and oxygen atoms in total. The smallest absolute Gasteiger partial charge is 0.278 e. The van der Waals surface area contributed by atoms with Gasteiger partial charge in [-0.15, -0.1) is 11.3 Å². The van der Waals surface area contributed by atoms with Crippen LogP contribution >= 0.6 is 11.3 Å². The average molecular weight is 278 g/mol. The fourth-order valence-electron chi connectivity index (χ4n) is 1.86. The van der Waals surface area contributed by atoms with E-state index in [9.17, 15) is 10.1 Å². The number of aromatic nitrogens is 2. The van der Waals surface area contributed by atoms with Crippen LogP contribution in [0.25, 0.3) is 0 Å². The second kappa shape index (κ2) is 5.85. The topological polar surface area (TPSA) is 81.0 Å². The molecule has 7 heteroatoms. The Labute approximate surface area is 114 Å². The van der Waals surface area contributed by atoms with Gasteiger partial charge in [0.15, 0.2) is 0 Å². The van der Waals surface area contributed by atoms with Crippen LogP contribution in [0.3, 0.4) is 0 Å². The molecule has 2 aromatic heterocycles. The van der Waals surface area contributed by atoms with Gasteiger partial charge < -0.3 is 5.32 Å². The van der Waals surface area contributed by atoms with Crippen LogP contribution in [-0.2, 0) is 13.1 Å². The van der Waals surface area contributed by atoms with Crippen LogP contribution in [-0.4, -0.2) is 14.9 Å². The predicted molar refractivity (Wildman–Crippen MR) is 73.0 cm³/mol. The summed E-state index contributed by atoms with van der Waals surface area (Å²) in [5.41, 5.74) is 3.86. The Balaban J connectivity index is 2.08. The SMILES string of the molecule is Cc1cnc(CNCc2cncs2)c(C)c1[N+](=O)[O-]. The number of thiazole rings is 1. The third-order valence-corrected chi connectivity index (χ3v) is 3.61. The first-order valence-corrected chi connectivity index (χ1v) is 6.65. The van der Waals surface area contributed by atoms with E-state index < -0.39 is 0 Å².